The van der Waals surface area contributed by atoms with Crippen molar-refractivity contribution >= 4 is 63.8 Å². The lowest BCUT2D eigenvalue weighted by molar-refractivity contribution is -0.115. The molecule has 0 bridgehead atoms. The van der Waals surface area contributed by atoms with E-state index in [0.717, 1.165) is 11.3 Å². The molecule has 4 rings (SSSR count). The summed E-state index contributed by atoms with van der Waals surface area (Å²) >= 11 is 13.1. The quantitative estimate of drug-likeness (QED) is 0.260. The molecular formula is C24H16Cl2N2O4S. The third-order valence-electron chi connectivity index (χ3n) is 4.50. The fraction of sp³-hybridized carbons (Fsp3) is 0.0417. The third kappa shape index (κ3) is 5.76. The molecule has 9 heteroatoms. The van der Waals surface area contributed by atoms with E-state index in [1.54, 1.807) is 61.7 Å². The molecule has 1 saturated heterocycles. The van der Waals surface area contributed by atoms with E-state index in [9.17, 15) is 9.59 Å². The molecular weight excluding hydrogens is 483 g/mol. The number of methoxy groups -OCH3 is 1. The van der Waals surface area contributed by atoms with Crippen molar-refractivity contribution in [2.75, 3.05) is 7.11 Å². The Morgan fingerprint density at radius 3 is 2.33 bits per heavy atom. The molecule has 0 unspecified atom stereocenters. The first-order chi connectivity index (χ1) is 15.9. The second-order valence-electron chi connectivity index (χ2n) is 6.77. The van der Waals surface area contributed by atoms with Crippen molar-refractivity contribution in [3.8, 4) is 11.5 Å². The molecule has 0 radical (unpaired) electrons. The van der Waals surface area contributed by atoms with Crippen LogP contribution >= 0.6 is 35.0 Å². The van der Waals surface area contributed by atoms with Crippen LogP contribution in [0.4, 0.5) is 5.69 Å². The van der Waals surface area contributed by atoms with E-state index in [0.29, 0.717) is 32.1 Å². The van der Waals surface area contributed by atoms with Gasteiger partial charge in [0.05, 0.1) is 33.3 Å². The Morgan fingerprint density at radius 2 is 1.67 bits per heavy atom. The molecule has 6 nitrogen and oxygen atoms in total. The van der Waals surface area contributed by atoms with Gasteiger partial charge in [-0.25, -0.2) is 9.79 Å². The summed E-state index contributed by atoms with van der Waals surface area (Å²) < 4.78 is 10.5. The summed E-state index contributed by atoms with van der Waals surface area (Å²) in [5, 5.41) is 3.87. The van der Waals surface area contributed by atoms with E-state index in [1.807, 2.05) is 0 Å². The van der Waals surface area contributed by atoms with Crippen molar-refractivity contribution in [2.45, 2.75) is 0 Å². The number of esters is 1. The number of nitrogens with zero attached hydrogens (tertiary/aromatic N) is 1. The molecule has 1 heterocycles. The van der Waals surface area contributed by atoms with Crippen LogP contribution in [-0.2, 0) is 4.79 Å². The highest BCUT2D eigenvalue weighted by molar-refractivity contribution is 8.18. The standard InChI is InChI=1S/C24H16Cl2N2O4S/c1-31-17-9-5-16(6-10-17)27-24-28-22(29)21(33-24)12-14-2-7-18(8-3-14)32-23(30)15-4-11-19(25)20(26)13-15/h2-13H,1H3,(H,27,28,29)/b21-12-. The first-order valence-electron chi connectivity index (χ1n) is 9.62. The second kappa shape index (κ2) is 10.1. The van der Waals surface area contributed by atoms with Gasteiger partial charge in [-0.1, -0.05) is 35.3 Å². The van der Waals surface area contributed by atoms with Gasteiger partial charge < -0.3 is 14.8 Å². The molecule has 0 spiro atoms. The number of ether oxygens (including phenoxy) is 2. The van der Waals surface area contributed by atoms with Crippen LogP contribution in [0.15, 0.2) is 76.6 Å². The third-order valence-corrected chi connectivity index (χ3v) is 6.15. The molecule has 0 aliphatic carbocycles. The molecule has 1 aliphatic rings. The van der Waals surface area contributed by atoms with E-state index in [2.05, 4.69) is 10.3 Å². The minimum Gasteiger partial charge on any atom is -0.497 e. The van der Waals surface area contributed by atoms with Gasteiger partial charge in [-0.2, -0.15) is 0 Å². The average molecular weight is 499 g/mol. The maximum atomic E-state index is 12.3. The predicted molar refractivity (Wildman–Crippen MR) is 132 cm³/mol. The number of carbonyl (C=O) groups excluding carboxylic acids is 2. The van der Waals surface area contributed by atoms with E-state index >= 15 is 0 Å². The monoisotopic (exact) mass is 498 g/mol. The van der Waals surface area contributed by atoms with Crippen molar-refractivity contribution in [3.05, 3.63) is 92.8 Å². The largest absolute Gasteiger partial charge is 0.497 e. The van der Waals surface area contributed by atoms with Crippen LogP contribution in [0.2, 0.25) is 10.0 Å². The Kier molecular flexibility index (Phi) is 7.03. The number of rotatable bonds is 5. The molecule has 0 atom stereocenters. The van der Waals surface area contributed by atoms with E-state index in [1.165, 1.54) is 30.0 Å². The minimum atomic E-state index is -0.551. The number of aliphatic imine (C=N–C) groups is 1. The van der Waals surface area contributed by atoms with Crippen molar-refractivity contribution in [1.29, 1.82) is 0 Å². The highest BCUT2D eigenvalue weighted by Gasteiger charge is 2.23. The zero-order valence-corrected chi connectivity index (χ0v) is 19.5. The summed E-state index contributed by atoms with van der Waals surface area (Å²) in [5.41, 5.74) is 1.76. The number of nitrogens with one attached hydrogen (secondary N) is 1. The molecule has 0 saturated carbocycles. The number of amidine groups is 1. The van der Waals surface area contributed by atoms with Crippen molar-refractivity contribution in [1.82, 2.24) is 5.32 Å². The van der Waals surface area contributed by atoms with E-state index in [4.69, 9.17) is 32.7 Å². The topological polar surface area (TPSA) is 77.0 Å². The molecule has 1 fully saturated rings. The van der Waals surface area contributed by atoms with Crippen LogP contribution in [0.5, 0.6) is 11.5 Å². The van der Waals surface area contributed by atoms with Crippen LogP contribution in [0.1, 0.15) is 15.9 Å². The Labute approximate surface area is 204 Å². The molecule has 1 amide bonds. The van der Waals surface area contributed by atoms with Gasteiger partial charge in [0.2, 0.25) is 0 Å². The van der Waals surface area contributed by atoms with Gasteiger partial charge in [-0.15, -0.1) is 0 Å². The van der Waals surface area contributed by atoms with Crippen molar-refractivity contribution in [2.24, 2.45) is 4.99 Å². The van der Waals surface area contributed by atoms with Crippen LogP contribution in [0.3, 0.4) is 0 Å². The molecule has 33 heavy (non-hydrogen) atoms. The van der Waals surface area contributed by atoms with Crippen molar-refractivity contribution < 1.29 is 19.1 Å². The van der Waals surface area contributed by atoms with Crippen LogP contribution in [0.25, 0.3) is 6.08 Å². The SMILES string of the molecule is COc1ccc(N=C2NC(=O)/C(=C/c3ccc(OC(=O)c4ccc(Cl)c(Cl)c4)cc3)S2)cc1. The Morgan fingerprint density at radius 1 is 0.970 bits per heavy atom. The fourth-order valence-electron chi connectivity index (χ4n) is 2.83. The van der Waals surface area contributed by atoms with Gasteiger partial charge in [0.1, 0.15) is 11.5 Å². The highest BCUT2D eigenvalue weighted by Crippen LogP contribution is 2.29. The predicted octanol–water partition coefficient (Wildman–Crippen LogP) is 6.11. The smallest absolute Gasteiger partial charge is 0.343 e. The van der Waals surface area contributed by atoms with Gasteiger partial charge in [0.25, 0.3) is 5.91 Å². The highest BCUT2D eigenvalue weighted by atomic mass is 35.5. The van der Waals surface area contributed by atoms with Crippen molar-refractivity contribution in [3.63, 3.8) is 0 Å². The van der Waals surface area contributed by atoms with E-state index in [-0.39, 0.29) is 10.9 Å². The number of thioether (sulfide) groups is 1. The number of halogens is 2. The maximum Gasteiger partial charge on any atom is 0.343 e. The number of hydrogen-bond acceptors (Lipinski definition) is 6. The lowest BCUT2D eigenvalue weighted by Crippen LogP contribution is -2.19. The first-order valence-corrected chi connectivity index (χ1v) is 11.2. The summed E-state index contributed by atoms with van der Waals surface area (Å²) in [6.45, 7) is 0. The molecule has 1 aliphatic heterocycles. The van der Waals surface area contributed by atoms with Gasteiger partial charge in [0.15, 0.2) is 5.17 Å². The summed E-state index contributed by atoms with van der Waals surface area (Å²) in [4.78, 5) is 29.5. The van der Waals surface area contributed by atoms with Gasteiger partial charge in [-0.3, -0.25) is 4.79 Å². The average Bonchev–Trinajstić information content (AvgIpc) is 3.15. The number of hydrogen-bond donors (Lipinski definition) is 1. The van der Waals surface area contributed by atoms with Crippen LogP contribution < -0.4 is 14.8 Å². The second-order valence-corrected chi connectivity index (χ2v) is 8.61. The molecule has 166 valence electrons. The summed E-state index contributed by atoms with van der Waals surface area (Å²) in [6, 6.07) is 18.5. The Balaban J connectivity index is 1.42. The number of benzene rings is 3. The zero-order valence-electron chi connectivity index (χ0n) is 17.2. The molecule has 0 aromatic heterocycles. The molecule has 1 N–H and O–H groups in total. The zero-order chi connectivity index (χ0) is 23.4. The minimum absolute atomic E-state index is 0.234. The molecule has 3 aromatic carbocycles. The number of amides is 1. The van der Waals surface area contributed by atoms with Crippen LogP contribution in [0, 0.1) is 0 Å². The maximum absolute atomic E-state index is 12.3. The van der Waals surface area contributed by atoms with E-state index < -0.39 is 5.97 Å². The lowest BCUT2D eigenvalue weighted by atomic mass is 10.2. The lowest BCUT2D eigenvalue weighted by Gasteiger charge is -2.06. The van der Waals surface area contributed by atoms with Gasteiger partial charge >= 0.3 is 5.97 Å². The fourth-order valence-corrected chi connectivity index (χ4v) is 3.97. The Hall–Kier alpha value is -3.26. The Bertz CT molecular complexity index is 1270. The molecule has 3 aromatic rings. The summed E-state index contributed by atoms with van der Waals surface area (Å²) in [7, 11) is 1.59. The normalized spacial score (nSPS) is 15.5. The van der Waals surface area contributed by atoms with Gasteiger partial charge in [-0.05, 0) is 78.0 Å². The van der Waals surface area contributed by atoms with Gasteiger partial charge in [0, 0.05) is 0 Å². The van der Waals surface area contributed by atoms with Crippen LogP contribution in [-0.4, -0.2) is 24.2 Å². The first kappa shape index (κ1) is 22.9. The summed E-state index contributed by atoms with van der Waals surface area (Å²) in [6.07, 6.45) is 1.74. The number of carbonyl (C=O) groups is 2. The summed E-state index contributed by atoms with van der Waals surface area (Å²) in [5.74, 6) is 0.305.